The molecule has 0 bridgehead atoms. The van der Waals surface area contributed by atoms with Gasteiger partial charge >= 0.3 is 0 Å². The molecule has 2 nitrogen and oxygen atoms in total. The highest BCUT2D eigenvalue weighted by Gasteiger charge is 2.06. The summed E-state index contributed by atoms with van der Waals surface area (Å²) in [6.45, 7) is 5.33. The van der Waals surface area contributed by atoms with Crippen LogP contribution in [-0.4, -0.2) is 11.5 Å². The van der Waals surface area contributed by atoms with Crippen molar-refractivity contribution in [2.75, 3.05) is 11.9 Å². The molecule has 2 rings (SSSR count). The van der Waals surface area contributed by atoms with Gasteiger partial charge in [-0.2, -0.15) is 0 Å². The third-order valence-corrected chi connectivity index (χ3v) is 5.26. The van der Waals surface area contributed by atoms with Gasteiger partial charge in [-0.05, 0) is 55.5 Å². The SMILES string of the molecule is CC(C)CNc1ncc(-c2ccc(Br)c(Br)c2)s1. The summed E-state index contributed by atoms with van der Waals surface area (Å²) in [5.41, 5.74) is 1.18. The van der Waals surface area contributed by atoms with Gasteiger partial charge in [0.15, 0.2) is 5.13 Å². The Kier molecular flexibility index (Phi) is 4.81. The molecule has 0 fully saturated rings. The fourth-order valence-corrected chi connectivity index (χ4v) is 2.87. The van der Waals surface area contributed by atoms with Crippen molar-refractivity contribution in [3.63, 3.8) is 0 Å². The Morgan fingerprint density at radius 2 is 2.06 bits per heavy atom. The number of rotatable bonds is 4. The average Bonchev–Trinajstić information content (AvgIpc) is 2.79. The van der Waals surface area contributed by atoms with Gasteiger partial charge in [0.2, 0.25) is 0 Å². The molecular formula is C13H14Br2N2S. The molecule has 1 aromatic carbocycles. The molecular weight excluding hydrogens is 376 g/mol. The van der Waals surface area contributed by atoms with Gasteiger partial charge in [-0.1, -0.05) is 31.3 Å². The van der Waals surface area contributed by atoms with E-state index >= 15 is 0 Å². The maximum Gasteiger partial charge on any atom is 0.183 e. The van der Waals surface area contributed by atoms with E-state index in [1.165, 1.54) is 10.4 Å². The first-order valence-electron chi connectivity index (χ1n) is 5.71. The van der Waals surface area contributed by atoms with Crippen LogP contribution in [0.2, 0.25) is 0 Å². The lowest BCUT2D eigenvalue weighted by molar-refractivity contribution is 0.688. The van der Waals surface area contributed by atoms with E-state index in [2.05, 4.69) is 68.1 Å². The minimum Gasteiger partial charge on any atom is -0.361 e. The van der Waals surface area contributed by atoms with Crippen molar-refractivity contribution >= 4 is 48.3 Å². The van der Waals surface area contributed by atoms with Crippen molar-refractivity contribution in [1.29, 1.82) is 0 Å². The zero-order chi connectivity index (χ0) is 13.1. The molecule has 96 valence electrons. The predicted octanol–water partition coefficient (Wildman–Crippen LogP) is 5.40. The largest absolute Gasteiger partial charge is 0.361 e. The first-order chi connectivity index (χ1) is 8.56. The van der Waals surface area contributed by atoms with Crippen LogP contribution in [0.4, 0.5) is 5.13 Å². The van der Waals surface area contributed by atoms with Gasteiger partial charge in [0, 0.05) is 21.7 Å². The minimum atomic E-state index is 0.624. The lowest BCUT2D eigenvalue weighted by Gasteiger charge is -2.04. The average molecular weight is 390 g/mol. The Labute approximate surface area is 128 Å². The molecule has 0 saturated carbocycles. The number of nitrogens with one attached hydrogen (secondary N) is 1. The first kappa shape index (κ1) is 14.0. The number of hydrogen-bond acceptors (Lipinski definition) is 3. The normalized spacial score (nSPS) is 10.9. The van der Waals surface area contributed by atoms with Crippen molar-refractivity contribution in [2.45, 2.75) is 13.8 Å². The zero-order valence-corrected chi connectivity index (χ0v) is 14.2. The van der Waals surface area contributed by atoms with Crippen LogP contribution in [0.25, 0.3) is 10.4 Å². The smallest absolute Gasteiger partial charge is 0.183 e. The molecule has 0 spiro atoms. The molecule has 18 heavy (non-hydrogen) atoms. The summed E-state index contributed by atoms with van der Waals surface area (Å²) in [5.74, 6) is 0.624. The van der Waals surface area contributed by atoms with Gasteiger partial charge in [-0.25, -0.2) is 4.98 Å². The maximum atomic E-state index is 4.40. The van der Waals surface area contributed by atoms with E-state index in [1.54, 1.807) is 11.3 Å². The number of anilines is 1. The third-order valence-electron chi connectivity index (χ3n) is 2.37. The molecule has 1 aromatic heterocycles. The van der Waals surface area contributed by atoms with E-state index in [1.807, 2.05) is 12.3 Å². The van der Waals surface area contributed by atoms with Crippen molar-refractivity contribution < 1.29 is 0 Å². The molecule has 0 amide bonds. The molecule has 0 aliphatic rings. The van der Waals surface area contributed by atoms with Crippen molar-refractivity contribution in [3.8, 4) is 10.4 Å². The molecule has 0 aliphatic carbocycles. The second kappa shape index (κ2) is 6.17. The lowest BCUT2D eigenvalue weighted by Crippen LogP contribution is -2.07. The van der Waals surface area contributed by atoms with Gasteiger partial charge in [0.1, 0.15) is 0 Å². The molecule has 0 saturated heterocycles. The Morgan fingerprint density at radius 1 is 1.28 bits per heavy atom. The van der Waals surface area contributed by atoms with E-state index in [-0.39, 0.29) is 0 Å². The maximum absolute atomic E-state index is 4.40. The van der Waals surface area contributed by atoms with Crippen LogP contribution >= 0.6 is 43.2 Å². The molecule has 2 aromatic rings. The topological polar surface area (TPSA) is 24.9 Å². The highest BCUT2D eigenvalue weighted by atomic mass is 79.9. The monoisotopic (exact) mass is 388 g/mol. The van der Waals surface area contributed by atoms with Crippen molar-refractivity contribution in [3.05, 3.63) is 33.3 Å². The van der Waals surface area contributed by atoms with Crippen molar-refractivity contribution in [1.82, 2.24) is 4.98 Å². The highest BCUT2D eigenvalue weighted by Crippen LogP contribution is 2.33. The van der Waals surface area contributed by atoms with Gasteiger partial charge in [0.25, 0.3) is 0 Å². The number of hydrogen-bond donors (Lipinski definition) is 1. The van der Waals surface area contributed by atoms with Gasteiger partial charge in [-0.3, -0.25) is 0 Å². The van der Waals surface area contributed by atoms with Crippen LogP contribution in [0, 0.1) is 5.92 Å². The number of halogens is 2. The summed E-state index contributed by atoms with van der Waals surface area (Å²) in [5, 5.41) is 4.33. The fraction of sp³-hybridized carbons (Fsp3) is 0.308. The van der Waals surface area contributed by atoms with E-state index < -0.39 is 0 Å². The van der Waals surface area contributed by atoms with E-state index in [9.17, 15) is 0 Å². The number of thiazole rings is 1. The van der Waals surface area contributed by atoms with E-state index in [4.69, 9.17) is 0 Å². The summed E-state index contributed by atoms with van der Waals surface area (Å²) >= 11 is 8.68. The molecule has 1 heterocycles. The Bertz CT molecular complexity index is 538. The number of aromatic nitrogens is 1. The molecule has 0 unspecified atom stereocenters. The Morgan fingerprint density at radius 3 is 2.72 bits per heavy atom. The van der Waals surface area contributed by atoms with Crippen molar-refractivity contribution in [2.24, 2.45) is 5.92 Å². The number of nitrogens with zero attached hydrogens (tertiary/aromatic N) is 1. The molecule has 0 atom stereocenters. The van der Waals surface area contributed by atoms with Gasteiger partial charge < -0.3 is 5.32 Å². The second-order valence-corrected chi connectivity index (χ2v) is 7.17. The van der Waals surface area contributed by atoms with Crippen LogP contribution in [0.5, 0.6) is 0 Å². The fourth-order valence-electron chi connectivity index (χ4n) is 1.43. The summed E-state index contributed by atoms with van der Waals surface area (Å²) in [7, 11) is 0. The number of benzene rings is 1. The quantitative estimate of drug-likeness (QED) is 0.756. The minimum absolute atomic E-state index is 0.624. The summed E-state index contributed by atoms with van der Waals surface area (Å²) in [4.78, 5) is 5.57. The van der Waals surface area contributed by atoms with E-state index in [0.717, 1.165) is 20.6 Å². The predicted molar refractivity (Wildman–Crippen MR) is 86.3 cm³/mol. The summed E-state index contributed by atoms with van der Waals surface area (Å²) < 4.78 is 2.12. The Hall–Kier alpha value is -0.390. The molecule has 1 N–H and O–H groups in total. The summed E-state index contributed by atoms with van der Waals surface area (Å²) in [6, 6.07) is 6.23. The molecule has 0 radical (unpaired) electrons. The Balaban J connectivity index is 2.16. The van der Waals surface area contributed by atoms with Crippen LogP contribution in [0.15, 0.2) is 33.3 Å². The van der Waals surface area contributed by atoms with Crippen LogP contribution in [-0.2, 0) is 0 Å². The standard InChI is InChI=1S/C13H14Br2N2S/c1-8(2)6-16-13-17-7-12(18-13)9-3-4-10(14)11(15)5-9/h3-5,7-8H,6H2,1-2H3,(H,16,17). The van der Waals surface area contributed by atoms with Crippen LogP contribution in [0.3, 0.4) is 0 Å². The molecule has 0 aliphatic heterocycles. The van der Waals surface area contributed by atoms with Gasteiger partial charge in [-0.15, -0.1) is 0 Å². The highest BCUT2D eigenvalue weighted by molar-refractivity contribution is 9.13. The van der Waals surface area contributed by atoms with Crippen LogP contribution < -0.4 is 5.32 Å². The second-order valence-electron chi connectivity index (χ2n) is 4.43. The first-order valence-corrected chi connectivity index (χ1v) is 8.11. The summed E-state index contributed by atoms with van der Waals surface area (Å²) in [6.07, 6.45) is 1.92. The zero-order valence-electron chi connectivity index (χ0n) is 10.2. The third kappa shape index (κ3) is 3.56. The molecule has 5 heteroatoms. The van der Waals surface area contributed by atoms with E-state index in [0.29, 0.717) is 5.92 Å². The van der Waals surface area contributed by atoms with Gasteiger partial charge in [0.05, 0.1) is 4.88 Å². The van der Waals surface area contributed by atoms with Crippen LogP contribution in [0.1, 0.15) is 13.8 Å². The lowest BCUT2D eigenvalue weighted by atomic mass is 10.2.